The topological polar surface area (TPSA) is 44.8 Å². The fourth-order valence-electron chi connectivity index (χ4n) is 3.03. The van der Waals surface area contributed by atoms with Gasteiger partial charge < -0.3 is 14.2 Å². The van der Waals surface area contributed by atoms with E-state index < -0.39 is 5.41 Å². The number of hydrogen-bond acceptors (Lipinski definition) is 4. The Labute approximate surface area is 132 Å². The minimum Gasteiger partial charge on any atom is -0.469 e. The van der Waals surface area contributed by atoms with Crippen molar-refractivity contribution in [3.63, 3.8) is 0 Å². The van der Waals surface area contributed by atoms with Gasteiger partial charge >= 0.3 is 5.97 Å². The Hall–Kier alpha value is -1.39. The molecule has 122 valence electrons. The molecule has 0 unspecified atom stereocenters. The van der Waals surface area contributed by atoms with Crippen LogP contribution < -0.4 is 0 Å². The molecule has 0 amide bonds. The summed E-state index contributed by atoms with van der Waals surface area (Å²) >= 11 is 0. The van der Waals surface area contributed by atoms with E-state index in [1.54, 1.807) is 7.11 Å². The van der Waals surface area contributed by atoms with Crippen molar-refractivity contribution < 1.29 is 19.0 Å². The summed E-state index contributed by atoms with van der Waals surface area (Å²) in [4.78, 5) is 12.0. The van der Waals surface area contributed by atoms with Crippen LogP contribution in [0.4, 0.5) is 0 Å². The van der Waals surface area contributed by atoms with Gasteiger partial charge in [0, 0.05) is 20.0 Å². The van der Waals surface area contributed by atoms with E-state index in [9.17, 15) is 4.79 Å². The maximum absolute atomic E-state index is 12.0. The van der Waals surface area contributed by atoms with Crippen molar-refractivity contribution in [1.29, 1.82) is 0 Å². The third-order valence-corrected chi connectivity index (χ3v) is 4.52. The van der Waals surface area contributed by atoms with Crippen LogP contribution in [0, 0.1) is 5.41 Å². The van der Waals surface area contributed by atoms with Crippen LogP contribution in [0.2, 0.25) is 0 Å². The Bertz CT molecular complexity index is 483. The molecule has 0 N–H and O–H groups in total. The van der Waals surface area contributed by atoms with Crippen LogP contribution in [0.5, 0.6) is 0 Å². The maximum atomic E-state index is 12.0. The molecule has 0 aliphatic carbocycles. The van der Waals surface area contributed by atoms with Gasteiger partial charge in [0.25, 0.3) is 0 Å². The van der Waals surface area contributed by atoms with Gasteiger partial charge in [0.15, 0.2) is 0 Å². The van der Waals surface area contributed by atoms with Crippen LogP contribution in [0.3, 0.4) is 0 Å². The molecule has 1 saturated heterocycles. The number of carbonyl (C=O) groups is 1. The average molecular weight is 306 g/mol. The van der Waals surface area contributed by atoms with E-state index in [0.29, 0.717) is 6.42 Å². The number of hydrogen-bond donors (Lipinski definition) is 0. The molecule has 2 rings (SSSR count). The fraction of sp³-hybridized carbons (Fsp3) is 0.611. The summed E-state index contributed by atoms with van der Waals surface area (Å²) in [5.41, 5.74) is 0.555. The van der Waals surface area contributed by atoms with Gasteiger partial charge in [-0.25, -0.2) is 0 Å². The maximum Gasteiger partial charge on any atom is 0.313 e. The van der Waals surface area contributed by atoms with E-state index >= 15 is 0 Å². The highest BCUT2D eigenvalue weighted by Crippen LogP contribution is 2.35. The van der Waals surface area contributed by atoms with Gasteiger partial charge in [0.1, 0.15) is 0 Å². The summed E-state index contributed by atoms with van der Waals surface area (Å²) in [6.07, 6.45) is 2.34. The van der Waals surface area contributed by atoms with Crippen molar-refractivity contribution in [3.8, 4) is 0 Å². The van der Waals surface area contributed by atoms with E-state index in [2.05, 4.69) is 12.1 Å². The van der Waals surface area contributed by atoms with Crippen molar-refractivity contribution in [1.82, 2.24) is 0 Å². The van der Waals surface area contributed by atoms with Gasteiger partial charge in [0.05, 0.1) is 30.8 Å². The van der Waals surface area contributed by atoms with Gasteiger partial charge in [-0.3, -0.25) is 4.79 Å². The van der Waals surface area contributed by atoms with E-state index in [1.807, 2.05) is 32.0 Å². The Morgan fingerprint density at radius 1 is 1.23 bits per heavy atom. The summed E-state index contributed by atoms with van der Waals surface area (Å²) in [6, 6.07) is 10.3. The van der Waals surface area contributed by atoms with Crippen LogP contribution in [-0.2, 0) is 25.4 Å². The molecular formula is C18H26O4. The Kier molecular flexibility index (Phi) is 5.59. The number of ether oxygens (including phenoxy) is 3. The summed E-state index contributed by atoms with van der Waals surface area (Å²) in [6.45, 7) is 3.75. The van der Waals surface area contributed by atoms with E-state index in [1.165, 1.54) is 12.7 Å². The molecule has 1 heterocycles. The van der Waals surface area contributed by atoms with Gasteiger partial charge in [-0.2, -0.15) is 0 Å². The molecule has 3 atom stereocenters. The van der Waals surface area contributed by atoms with Crippen LogP contribution in [0.25, 0.3) is 0 Å². The van der Waals surface area contributed by atoms with Gasteiger partial charge in [0.2, 0.25) is 0 Å². The fourth-order valence-corrected chi connectivity index (χ4v) is 3.03. The van der Waals surface area contributed by atoms with E-state index in [-0.39, 0.29) is 24.3 Å². The predicted octanol–water partition coefficient (Wildman–Crippen LogP) is 2.99. The molecule has 4 heteroatoms. The van der Waals surface area contributed by atoms with Crippen LogP contribution in [-0.4, -0.2) is 38.5 Å². The first-order chi connectivity index (χ1) is 10.5. The Morgan fingerprint density at radius 2 is 1.91 bits per heavy atom. The smallest absolute Gasteiger partial charge is 0.313 e. The van der Waals surface area contributed by atoms with Crippen molar-refractivity contribution in [2.24, 2.45) is 5.41 Å². The lowest BCUT2D eigenvalue weighted by molar-refractivity contribution is -0.178. The molecule has 0 radical (unpaired) electrons. The summed E-state index contributed by atoms with van der Waals surface area (Å²) in [5.74, 6) is -0.243. The summed E-state index contributed by atoms with van der Waals surface area (Å²) in [5, 5.41) is 0. The van der Waals surface area contributed by atoms with Crippen LogP contribution in [0.1, 0.15) is 32.3 Å². The zero-order valence-corrected chi connectivity index (χ0v) is 13.9. The lowest BCUT2D eigenvalue weighted by Gasteiger charge is -2.41. The normalized spacial score (nSPS) is 25.7. The molecular weight excluding hydrogens is 280 g/mol. The van der Waals surface area contributed by atoms with Crippen molar-refractivity contribution in [3.05, 3.63) is 35.9 Å². The number of carbonyl (C=O) groups excluding carboxylic acids is 1. The Balaban J connectivity index is 2.11. The van der Waals surface area contributed by atoms with E-state index in [0.717, 1.165) is 12.8 Å². The highest BCUT2D eigenvalue weighted by molar-refractivity contribution is 5.76. The Morgan fingerprint density at radius 3 is 2.50 bits per heavy atom. The van der Waals surface area contributed by atoms with Crippen LogP contribution in [0.15, 0.2) is 30.3 Å². The second kappa shape index (κ2) is 7.25. The molecule has 1 aliphatic rings. The molecule has 1 aromatic carbocycles. The SMILES string of the molecule is COC(=O)C(C)(C)[C@@H]1C[C@H](OC)C[C@@H](Cc2ccccc2)O1. The van der Waals surface area contributed by atoms with Gasteiger partial charge in [-0.1, -0.05) is 30.3 Å². The molecule has 1 aromatic rings. The van der Waals surface area contributed by atoms with E-state index in [4.69, 9.17) is 14.2 Å². The number of methoxy groups -OCH3 is 2. The predicted molar refractivity (Wildman–Crippen MR) is 84.6 cm³/mol. The molecule has 1 aliphatic heterocycles. The molecule has 0 bridgehead atoms. The quantitative estimate of drug-likeness (QED) is 0.785. The van der Waals surface area contributed by atoms with Crippen molar-refractivity contribution >= 4 is 5.97 Å². The van der Waals surface area contributed by atoms with Crippen molar-refractivity contribution in [2.45, 2.75) is 51.4 Å². The van der Waals surface area contributed by atoms with Crippen LogP contribution >= 0.6 is 0 Å². The minimum absolute atomic E-state index is 0.0510. The number of esters is 1. The lowest BCUT2D eigenvalue weighted by Crippen LogP contribution is -2.48. The molecule has 0 saturated carbocycles. The highest BCUT2D eigenvalue weighted by atomic mass is 16.5. The molecule has 4 nitrogen and oxygen atoms in total. The van der Waals surface area contributed by atoms with Gasteiger partial charge in [-0.15, -0.1) is 0 Å². The molecule has 0 aromatic heterocycles. The molecule has 1 fully saturated rings. The first-order valence-corrected chi connectivity index (χ1v) is 7.78. The minimum atomic E-state index is -0.680. The second-order valence-electron chi connectivity index (χ2n) is 6.48. The third kappa shape index (κ3) is 3.87. The lowest BCUT2D eigenvalue weighted by atomic mass is 9.80. The molecule has 0 spiro atoms. The van der Waals surface area contributed by atoms with Crippen molar-refractivity contribution in [2.75, 3.05) is 14.2 Å². The standard InChI is InChI=1S/C18H26O4/c1-18(2,17(19)21-4)16-12-14(20-3)11-15(22-16)10-13-8-6-5-7-9-13/h5-9,14-16H,10-12H2,1-4H3/t14-,15-,16+/m1/s1. The average Bonchev–Trinajstić information content (AvgIpc) is 2.54. The zero-order valence-electron chi connectivity index (χ0n) is 13.9. The highest BCUT2D eigenvalue weighted by Gasteiger charge is 2.44. The number of benzene rings is 1. The molecule has 22 heavy (non-hydrogen) atoms. The third-order valence-electron chi connectivity index (χ3n) is 4.52. The second-order valence-corrected chi connectivity index (χ2v) is 6.48. The first kappa shape index (κ1) is 17.0. The first-order valence-electron chi connectivity index (χ1n) is 7.78. The summed E-state index contributed by atoms with van der Waals surface area (Å²) in [7, 11) is 3.14. The number of rotatable bonds is 5. The monoisotopic (exact) mass is 306 g/mol. The van der Waals surface area contributed by atoms with Gasteiger partial charge in [-0.05, 0) is 25.8 Å². The zero-order chi connectivity index (χ0) is 16.2. The largest absolute Gasteiger partial charge is 0.469 e. The summed E-state index contributed by atoms with van der Waals surface area (Å²) < 4.78 is 16.7.